The molecule has 1 N–H and O–H groups in total. The van der Waals surface area contributed by atoms with Crippen LogP contribution >= 0.6 is 23.2 Å². The van der Waals surface area contributed by atoms with Crippen LogP contribution in [0.25, 0.3) is 0 Å². The van der Waals surface area contributed by atoms with Gasteiger partial charge in [-0.2, -0.15) is 0 Å². The summed E-state index contributed by atoms with van der Waals surface area (Å²) in [5, 5.41) is 3.83. The molecule has 4 rings (SSSR count). The molecule has 1 heterocycles. The zero-order chi connectivity index (χ0) is 25.3. The SMILES string of the molecule is O=C(CCCOc1ccc(Cl)cc1Cl)Nc1ccc2c(c1)N(CCCOc1ccccc1)C(=O)CO2. The van der Waals surface area contributed by atoms with Crippen molar-refractivity contribution in [1.82, 2.24) is 0 Å². The Kier molecular flexibility index (Phi) is 8.92. The number of fused-ring (bicyclic) bond motifs is 1. The number of carbonyl (C=O) groups excluding carboxylic acids is 2. The molecular weight excluding hydrogens is 503 g/mol. The zero-order valence-electron chi connectivity index (χ0n) is 19.5. The number of halogens is 2. The Morgan fingerprint density at radius 2 is 1.78 bits per heavy atom. The molecule has 2 amide bonds. The van der Waals surface area contributed by atoms with Gasteiger partial charge in [-0.3, -0.25) is 9.59 Å². The van der Waals surface area contributed by atoms with Crippen LogP contribution in [0.15, 0.2) is 66.7 Å². The maximum absolute atomic E-state index is 12.5. The Morgan fingerprint density at radius 3 is 2.58 bits per heavy atom. The van der Waals surface area contributed by atoms with Gasteiger partial charge in [0.1, 0.15) is 17.2 Å². The molecule has 1 aliphatic rings. The second kappa shape index (κ2) is 12.5. The summed E-state index contributed by atoms with van der Waals surface area (Å²) < 4.78 is 16.9. The van der Waals surface area contributed by atoms with Crippen LogP contribution in [0.1, 0.15) is 19.3 Å². The average molecular weight is 529 g/mol. The van der Waals surface area contributed by atoms with Crippen LogP contribution < -0.4 is 24.4 Å². The van der Waals surface area contributed by atoms with Gasteiger partial charge in [-0.15, -0.1) is 0 Å². The molecule has 0 aliphatic carbocycles. The molecule has 188 valence electrons. The number of hydrogen-bond acceptors (Lipinski definition) is 5. The van der Waals surface area contributed by atoms with E-state index in [1.165, 1.54) is 0 Å². The molecule has 0 unspecified atom stereocenters. The smallest absolute Gasteiger partial charge is 0.265 e. The van der Waals surface area contributed by atoms with Crippen LogP contribution in [0.4, 0.5) is 11.4 Å². The average Bonchev–Trinajstić information content (AvgIpc) is 2.87. The number of hydrogen-bond donors (Lipinski definition) is 1. The van der Waals surface area contributed by atoms with Crippen LogP contribution in [-0.4, -0.2) is 38.2 Å². The number of anilines is 2. The van der Waals surface area contributed by atoms with Crippen molar-refractivity contribution in [3.05, 3.63) is 76.8 Å². The molecule has 0 bridgehead atoms. The van der Waals surface area contributed by atoms with Crippen molar-refractivity contribution < 1.29 is 23.8 Å². The number of ether oxygens (including phenoxy) is 3. The highest BCUT2D eigenvalue weighted by molar-refractivity contribution is 6.35. The lowest BCUT2D eigenvalue weighted by Gasteiger charge is -2.30. The van der Waals surface area contributed by atoms with E-state index in [9.17, 15) is 9.59 Å². The van der Waals surface area contributed by atoms with Gasteiger partial charge in [-0.25, -0.2) is 0 Å². The minimum Gasteiger partial charge on any atom is -0.494 e. The third-order valence-electron chi connectivity index (χ3n) is 5.42. The number of para-hydroxylation sites is 1. The summed E-state index contributed by atoms with van der Waals surface area (Å²) in [5.74, 6) is 1.62. The predicted octanol–water partition coefficient (Wildman–Crippen LogP) is 5.99. The van der Waals surface area contributed by atoms with Crippen molar-refractivity contribution >= 4 is 46.4 Å². The van der Waals surface area contributed by atoms with Crippen molar-refractivity contribution in [2.24, 2.45) is 0 Å². The van der Waals surface area contributed by atoms with E-state index in [2.05, 4.69) is 5.32 Å². The second-order valence-electron chi connectivity index (χ2n) is 8.11. The number of carbonyl (C=O) groups is 2. The summed E-state index contributed by atoms with van der Waals surface area (Å²) >= 11 is 12.0. The first-order valence-corrected chi connectivity index (χ1v) is 12.4. The third kappa shape index (κ3) is 7.06. The van der Waals surface area contributed by atoms with Crippen molar-refractivity contribution in [2.45, 2.75) is 19.3 Å². The highest BCUT2D eigenvalue weighted by Crippen LogP contribution is 2.35. The molecule has 7 nitrogen and oxygen atoms in total. The number of amides is 2. The van der Waals surface area contributed by atoms with Crippen molar-refractivity contribution in [3.63, 3.8) is 0 Å². The summed E-state index contributed by atoms with van der Waals surface area (Å²) in [7, 11) is 0. The van der Waals surface area contributed by atoms with Crippen molar-refractivity contribution in [3.8, 4) is 17.2 Å². The van der Waals surface area contributed by atoms with E-state index in [4.69, 9.17) is 37.4 Å². The zero-order valence-corrected chi connectivity index (χ0v) is 21.1. The van der Waals surface area contributed by atoms with E-state index in [0.717, 1.165) is 5.75 Å². The third-order valence-corrected chi connectivity index (χ3v) is 5.95. The first-order valence-electron chi connectivity index (χ1n) is 11.6. The number of benzene rings is 3. The minimum atomic E-state index is -0.161. The predicted molar refractivity (Wildman–Crippen MR) is 141 cm³/mol. The van der Waals surface area contributed by atoms with E-state index in [0.29, 0.717) is 65.5 Å². The van der Waals surface area contributed by atoms with Gasteiger partial charge in [0.2, 0.25) is 5.91 Å². The number of nitrogens with one attached hydrogen (secondary N) is 1. The Labute approximate surface area is 219 Å². The van der Waals surface area contributed by atoms with Gasteiger partial charge in [0.25, 0.3) is 5.91 Å². The van der Waals surface area contributed by atoms with E-state index in [1.807, 2.05) is 30.3 Å². The molecule has 0 fully saturated rings. The van der Waals surface area contributed by atoms with Gasteiger partial charge >= 0.3 is 0 Å². The lowest BCUT2D eigenvalue weighted by molar-refractivity contribution is -0.121. The molecule has 9 heteroatoms. The van der Waals surface area contributed by atoms with E-state index in [-0.39, 0.29) is 24.8 Å². The molecule has 36 heavy (non-hydrogen) atoms. The summed E-state index contributed by atoms with van der Waals surface area (Å²) in [5.41, 5.74) is 1.22. The van der Waals surface area contributed by atoms with Gasteiger partial charge in [0.15, 0.2) is 6.61 Å². The van der Waals surface area contributed by atoms with E-state index >= 15 is 0 Å². The summed E-state index contributed by atoms with van der Waals surface area (Å²) in [6, 6.07) is 19.8. The molecule has 0 saturated carbocycles. The van der Waals surface area contributed by atoms with Crippen LogP contribution in [0, 0.1) is 0 Å². The standard InChI is InChI=1S/C27H26Cl2N2O5/c28-19-9-11-24(22(29)16-19)35-14-4-8-26(32)30-20-10-12-25-23(17-20)31(27(33)18-36-25)13-5-15-34-21-6-2-1-3-7-21/h1-3,6-7,9-12,16-17H,4-5,8,13-15,18H2,(H,30,32). The molecule has 3 aromatic rings. The minimum absolute atomic E-state index is 0.0180. The van der Waals surface area contributed by atoms with E-state index in [1.54, 1.807) is 41.3 Å². The topological polar surface area (TPSA) is 77.1 Å². The lowest BCUT2D eigenvalue weighted by atomic mass is 10.2. The fourth-order valence-electron chi connectivity index (χ4n) is 3.69. The summed E-state index contributed by atoms with van der Waals surface area (Å²) in [6.07, 6.45) is 1.41. The quantitative estimate of drug-likeness (QED) is 0.309. The number of rotatable bonds is 11. The molecule has 0 spiro atoms. The first kappa shape index (κ1) is 25.7. The molecule has 0 atom stereocenters. The Hall–Kier alpha value is -3.42. The van der Waals surface area contributed by atoms with Crippen LogP contribution in [0.2, 0.25) is 10.0 Å². The van der Waals surface area contributed by atoms with E-state index < -0.39 is 0 Å². The molecule has 0 saturated heterocycles. The van der Waals surface area contributed by atoms with Gasteiger partial charge in [-0.1, -0.05) is 41.4 Å². The fourth-order valence-corrected chi connectivity index (χ4v) is 4.15. The second-order valence-corrected chi connectivity index (χ2v) is 8.95. The van der Waals surface area contributed by atoms with Gasteiger partial charge < -0.3 is 24.4 Å². The Balaban J connectivity index is 1.27. The maximum Gasteiger partial charge on any atom is 0.265 e. The Morgan fingerprint density at radius 1 is 0.972 bits per heavy atom. The summed E-state index contributed by atoms with van der Waals surface area (Å²) in [4.78, 5) is 26.7. The molecular formula is C27H26Cl2N2O5. The van der Waals surface area contributed by atoms with Gasteiger partial charge in [0.05, 0.1) is 23.9 Å². The molecule has 1 aliphatic heterocycles. The highest BCUT2D eigenvalue weighted by Gasteiger charge is 2.25. The molecule has 0 aromatic heterocycles. The molecule has 3 aromatic carbocycles. The van der Waals surface area contributed by atoms with Crippen molar-refractivity contribution in [1.29, 1.82) is 0 Å². The number of nitrogens with zero attached hydrogens (tertiary/aromatic N) is 1. The van der Waals surface area contributed by atoms with Crippen molar-refractivity contribution in [2.75, 3.05) is 36.6 Å². The highest BCUT2D eigenvalue weighted by atomic mass is 35.5. The largest absolute Gasteiger partial charge is 0.494 e. The summed E-state index contributed by atoms with van der Waals surface area (Å²) in [6.45, 7) is 1.27. The maximum atomic E-state index is 12.5. The normalized spacial score (nSPS) is 12.5. The fraction of sp³-hybridized carbons (Fsp3) is 0.259. The first-order chi connectivity index (χ1) is 17.5. The Bertz CT molecular complexity index is 1210. The van der Waals surface area contributed by atoms with Crippen LogP contribution in [0.3, 0.4) is 0 Å². The van der Waals surface area contributed by atoms with Gasteiger partial charge in [-0.05, 0) is 61.4 Å². The van der Waals surface area contributed by atoms with Gasteiger partial charge in [0, 0.05) is 23.7 Å². The van der Waals surface area contributed by atoms with Crippen LogP contribution in [-0.2, 0) is 9.59 Å². The molecule has 0 radical (unpaired) electrons. The monoisotopic (exact) mass is 528 g/mol. The van der Waals surface area contributed by atoms with Crippen LogP contribution in [0.5, 0.6) is 17.2 Å². The lowest BCUT2D eigenvalue weighted by Crippen LogP contribution is -2.39.